The van der Waals surface area contributed by atoms with Crippen molar-refractivity contribution in [1.29, 1.82) is 0 Å². The molecule has 0 aromatic carbocycles. The number of carbonyl (C=O) groups excluding carboxylic acids is 1. The maximum Gasteiger partial charge on any atom is 0.437 e. The molecule has 0 aromatic heterocycles. The summed E-state index contributed by atoms with van der Waals surface area (Å²) in [5.41, 5.74) is -5.48. The van der Waals surface area contributed by atoms with Gasteiger partial charge < -0.3 is 14.6 Å². The van der Waals surface area contributed by atoms with Crippen molar-refractivity contribution in [3.63, 3.8) is 0 Å². The van der Waals surface area contributed by atoms with Crippen molar-refractivity contribution in [2.45, 2.75) is 18.0 Å². The molecule has 0 heterocycles. The SMILES string of the molecule is COC(=O)COC(C(=O)O)(C(F)(F)F)C(F)(F)F. The molecule has 0 saturated heterocycles. The van der Waals surface area contributed by atoms with Gasteiger partial charge in [0.05, 0.1) is 7.11 Å². The van der Waals surface area contributed by atoms with Crippen LogP contribution < -0.4 is 0 Å². The second-order valence-electron chi connectivity index (χ2n) is 2.85. The molecule has 0 aliphatic heterocycles. The molecule has 0 fully saturated rings. The van der Waals surface area contributed by atoms with Crippen molar-refractivity contribution in [3.8, 4) is 0 Å². The molecular weight excluding hydrogens is 278 g/mol. The van der Waals surface area contributed by atoms with Crippen molar-refractivity contribution in [2.75, 3.05) is 13.7 Å². The van der Waals surface area contributed by atoms with E-state index in [9.17, 15) is 35.9 Å². The summed E-state index contributed by atoms with van der Waals surface area (Å²) in [4.78, 5) is 20.8. The molecule has 11 heteroatoms. The molecule has 0 bridgehead atoms. The number of alkyl halides is 6. The highest BCUT2D eigenvalue weighted by Gasteiger charge is 2.78. The van der Waals surface area contributed by atoms with Gasteiger partial charge >= 0.3 is 29.9 Å². The van der Waals surface area contributed by atoms with Crippen molar-refractivity contribution in [2.24, 2.45) is 0 Å². The molecule has 0 radical (unpaired) electrons. The van der Waals surface area contributed by atoms with Crippen LogP contribution in [0.25, 0.3) is 0 Å². The number of hydrogen-bond donors (Lipinski definition) is 1. The third-order valence-electron chi connectivity index (χ3n) is 1.73. The molecule has 0 aliphatic rings. The summed E-state index contributed by atoms with van der Waals surface area (Å²) < 4.78 is 80.8. The van der Waals surface area contributed by atoms with Gasteiger partial charge in [0.1, 0.15) is 6.61 Å². The Morgan fingerprint density at radius 1 is 1.06 bits per heavy atom. The fraction of sp³-hybridized carbons (Fsp3) is 0.714. The van der Waals surface area contributed by atoms with E-state index in [1.165, 1.54) is 0 Å². The van der Waals surface area contributed by atoms with E-state index >= 15 is 0 Å². The molecule has 0 atom stereocenters. The number of ether oxygens (including phenoxy) is 2. The molecule has 0 saturated carbocycles. The number of esters is 1. The first-order valence-corrected chi connectivity index (χ1v) is 3.97. The fourth-order valence-corrected chi connectivity index (χ4v) is 0.855. The Kier molecular flexibility index (Phi) is 4.58. The number of halogens is 6. The van der Waals surface area contributed by atoms with Gasteiger partial charge in [-0.2, -0.15) is 26.3 Å². The lowest BCUT2D eigenvalue weighted by Crippen LogP contribution is -2.64. The summed E-state index contributed by atoms with van der Waals surface area (Å²) in [6.07, 6.45) is -12.6. The third kappa shape index (κ3) is 2.83. The zero-order chi connectivity index (χ0) is 14.8. The molecule has 0 rings (SSSR count). The van der Waals surface area contributed by atoms with E-state index < -0.39 is 36.5 Å². The minimum atomic E-state index is -6.30. The first-order valence-electron chi connectivity index (χ1n) is 3.97. The zero-order valence-corrected chi connectivity index (χ0v) is 8.56. The lowest BCUT2D eigenvalue weighted by atomic mass is 10.0. The number of carboxylic acid groups (broad SMARTS) is 1. The number of aliphatic carboxylic acids is 1. The quantitative estimate of drug-likeness (QED) is 0.618. The van der Waals surface area contributed by atoms with E-state index in [0.717, 1.165) is 0 Å². The summed E-state index contributed by atoms with van der Waals surface area (Å²) >= 11 is 0. The normalized spacial score (nSPS) is 13.3. The van der Waals surface area contributed by atoms with E-state index in [-0.39, 0.29) is 0 Å². The van der Waals surface area contributed by atoms with Gasteiger partial charge in [0.15, 0.2) is 0 Å². The molecule has 5 nitrogen and oxygen atoms in total. The number of rotatable bonds is 4. The number of carboxylic acids is 1. The molecule has 0 amide bonds. The summed E-state index contributed by atoms with van der Waals surface area (Å²) in [7, 11) is 0.676. The van der Waals surface area contributed by atoms with E-state index in [0.29, 0.717) is 7.11 Å². The molecule has 18 heavy (non-hydrogen) atoms. The van der Waals surface area contributed by atoms with Crippen LogP contribution in [0.5, 0.6) is 0 Å². The van der Waals surface area contributed by atoms with E-state index in [1.54, 1.807) is 0 Å². The fourth-order valence-electron chi connectivity index (χ4n) is 0.855. The minimum absolute atomic E-state index is 0.676. The maximum absolute atomic E-state index is 12.3. The molecule has 0 aliphatic carbocycles. The Morgan fingerprint density at radius 3 is 1.67 bits per heavy atom. The van der Waals surface area contributed by atoms with Crippen LogP contribution in [0.4, 0.5) is 26.3 Å². The average molecular weight is 284 g/mol. The highest BCUT2D eigenvalue weighted by atomic mass is 19.4. The van der Waals surface area contributed by atoms with Crippen molar-refractivity contribution < 1.29 is 50.5 Å². The van der Waals surface area contributed by atoms with E-state index in [1.807, 2.05) is 0 Å². The predicted molar refractivity (Wildman–Crippen MR) is 40.4 cm³/mol. The first-order chi connectivity index (χ1) is 7.90. The minimum Gasteiger partial charge on any atom is -0.479 e. The van der Waals surface area contributed by atoms with Crippen LogP contribution in [0, 0.1) is 0 Å². The van der Waals surface area contributed by atoms with Gasteiger partial charge in [-0.15, -0.1) is 0 Å². The van der Waals surface area contributed by atoms with Gasteiger partial charge in [-0.25, -0.2) is 9.59 Å². The van der Waals surface area contributed by atoms with Crippen LogP contribution in [-0.2, 0) is 19.1 Å². The average Bonchev–Trinajstić information content (AvgIpc) is 2.12. The van der Waals surface area contributed by atoms with Gasteiger partial charge in [-0.3, -0.25) is 0 Å². The predicted octanol–water partition coefficient (Wildman–Crippen LogP) is 1.12. The maximum atomic E-state index is 12.3. The molecule has 0 spiro atoms. The summed E-state index contributed by atoms with van der Waals surface area (Å²) in [5, 5.41) is 8.16. The van der Waals surface area contributed by atoms with Crippen LogP contribution >= 0.6 is 0 Å². The highest BCUT2D eigenvalue weighted by Crippen LogP contribution is 2.46. The first kappa shape index (κ1) is 16.5. The van der Waals surface area contributed by atoms with Crippen molar-refractivity contribution in [1.82, 2.24) is 0 Å². The second-order valence-corrected chi connectivity index (χ2v) is 2.85. The smallest absolute Gasteiger partial charge is 0.437 e. The van der Waals surface area contributed by atoms with Crippen LogP contribution in [0.2, 0.25) is 0 Å². The molecule has 0 aromatic rings. The summed E-state index contributed by atoms with van der Waals surface area (Å²) in [5.74, 6) is -4.92. The topological polar surface area (TPSA) is 72.8 Å². The second kappa shape index (κ2) is 5.00. The Balaban J connectivity index is 5.53. The largest absolute Gasteiger partial charge is 0.479 e. The molecular formula is C7H6F6O5. The lowest BCUT2D eigenvalue weighted by Gasteiger charge is -2.32. The van der Waals surface area contributed by atoms with Crippen LogP contribution in [0.3, 0.4) is 0 Å². The van der Waals surface area contributed by atoms with Crippen LogP contribution in [0.1, 0.15) is 0 Å². The number of methoxy groups -OCH3 is 1. The highest BCUT2D eigenvalue weighted by molar-refractivity contribution is 5.80. The standard InChI is InChI=1S/C7H6F6O5/c1-17-3(14)2-18-5(4(15)16,6(8,9)10)7(11,12)13/h2H2,1H3,(H,15,16). The molecule has 106 valence electrons. The van der Waals surface area contributed by atoms with Gasteiger partial charge in [0.25, 0.3) is 0 Å². The lowest BCUT2D eigenvalue weighted by molar-refractivity contribution is -0.366. The van der Waals surface area contributed by atoms with Crippen LogP contribution in [-0.4, -0.2) is 48.7 Å². The Hall–Kier alpha value is -1.52. The summed E-state index contributed by atoms with van der Waals surface area (Å²) in [6.45, 7) is -1.82. The third-order valence-corrected chi connectivity index (χ3v) is 1.73. The Morgan fingerprint density at radius 2 is 1.44 bits per heavy atom. The van der Waals surface area contributed by atoms with Gasteiger partial charge in [0, 0.05) is 0 Å². The zero-order valence-electron chi connectivity index (χ0n) is 8.56. The Labute approximate surface area is 95.3 Å². The van der Waals surface area contributed by atoms with Gasteiger partial charge in [-0.1, -0.05) is 0 Å². The van der Waals surface area contributed by atoms with Crippen molar-refractivity contribution in [3.05, 3.63) is 0 Å². The summed E-state index contributed by atoms with van der Waals surface area (Å²) in [6, 6.07) is 0. The van der Waals surface area contributed by atoms with Gasteiger partial charge in [0.2, 0.25) is 0 Å². The molecule has 1 N–H and O–H groups in total. The number of hydrogen-bond acceptors (Lipinski definition) is 4. The monoisotopic (exact) mass is 284 g/mol. The van der Waals surface area contributed by atoms with Crippen molar-refractivity contribution >= 4 is 11.9 Å². The van der Waals surface area contributed by atoms with E-state index in [2.05, 4.69) is 9.47 Å². The Bertz CT molecular complexity index is 318. The van der Waals surface area contributed by atoms with Crippen LogP contribution in [0.15, 0.2) is 0 Å². The van der Waals surface area contributed by atoms with Gasteiger partial charge in [-0.05, 0) is 0 Å². The molecule has 0 unspecified atom stereocenters. The number of carbonyl (C=O) groups is 2. The van der Waals surface area contributed by atoms with E-state index in [4.69, 9.17) is 5.11 Å².